The number of benzene rings is 2. The summed E-state index contributed by atoms with van der Waals surface area (Å²) in [5, 5.41) is 6.99. The van der Waals surface area contributed by atoms with Crippen molar-refractivity contribution in [2.24, 2.45) is 0 Å². The molecule has 1 aromatic heterocycles. The molecule has 7 nitrogen and oxygen atoms in total. The molecule has 0 aliphatic heterocycles. The maximum absolute atomic E-state index is 12.6. The highest BCUT2D eigenvalue weighted by Crippen LogP contribution is 2.20. The maximum atomic E-state index is 12.6. The van der Waals surface area contributed by atoms with Crippen molar-refractivity contribution >= 4 is 11.6 Å². The number of hydrogen-bond donors (Lipinski definition) is 1. The van der Waals surface area contributed by atoms with Crippen LogP contribution in [0.1, 0.15) is 24.1 Å². The van der Waals surface area contributed by atoms with E-state index in [1.165, 1.54) is 6.20 Å². The Labute approximate surface area is 163 Å². The van der Waals surface area contributed by atoms with E-state index in [9.17, 15) is 9.59 Å². The molecule has 0 saturated heterocycles. The lowest BCUT2D eigenvalue weighted by Gasteiger charge is -2.15. The summed E-state index contributed by atoms with van der Waals surface area (Å²) in [6, 6.07) is 12.1. The summed E-state index contributed by atoms with van der Waals surface area (Å²) in [5.41, 5.74) is 3.36. The summed E-state index contributed by atoms with van der Waals surface area (Å²) in [5.74, 6) is 0.377. The Morgan fingerprint density at radius 2 is 1.86 bits per heavy atom. The highest BCUT2D eigenvalue weighted by Gasteiger charge is 2.19. The van der Waals surface area contributed by atoms with Gasteiger partial charge >= 0.3 is 5.69 Å². The summed E-state index contributed by atoms with van der Waals surface area (Å²) in [4.78, 5) is 29.1. The summed E-state index contributed by atoms with van der Waals surface area (Å²) in [6.07, 6.45) is 1.48. The molecule has 1 atom stereocenters. The topological polar surface area (TPSA) is 86.1 Å². The summed E-state index contributed by atoms with van der Waals surface area (Å²) in [6.45, 7) is 5.52. The lowest BCUT2D eigenvalue weighted by atomic mass is 10.1. The molecule has 144 valence electrons. The van der Waals surface area contributed by atoms with Crippen LogP contribution in [-0.2, 0) is 4.79 Å². The molecule has 1 unspecified atom stereocenters. The fraction of sp³-hybridized carbons (Fsp3) is 0.238. The zero-order chi connectivity index (χ0) is 20.3. The zero-order valence-corrected chi connectivity index (χ0v) is 16.3. The first-order valence-electron chi connectivity index (χ1n) is 8.87. The van der Waals surface area contributed by atoms with E-state index in [2.05, 4.69) is 15.4 Å². The van der Waals surface area contributed by atoms with Crippen molar-refractivity contribution in [2.75, 3.05) is 12.4 Å². The van der Waals surface area contributed by atoms with Crippen LogP contribution in [0, 0.1) is 13.8 Å². The average Bonchev–Trinajstić information content (AvgIpc) is 2.69. The average molecular weight is 378 g/mol. The summed E-state index contributed by atoms with van der Waals surface area (Å²) < 4.78 is 6.20. The van der Waals surface area contributed by atoms with Crippen LogP contribution >= 0.6 is 0 Å². The predicted molar refractivity (Wildman–Crippen MR) is 108 cm³/mol. The van der Waals surface area contributed by atoms with E-state index in [0.717, 1.165) is 21.4 Å². The molecule has 3 aromatic rings. The van der Waals surface area contributed by atoms with Crippen molar-refractivity contribution in [3.05, 3.63) is 70.3 Å². The molecular formula is C21H22N4O3. The van der Waals surface area contributed by atoms with Gasteiger partial charge in [-0.05, 0) is 56.7 Å². The molecule has 0 aliphatic rings. The van der Waals surface area contributed by atoms with Crippen LogP contribution in [-0.4, -0.2) is 27.8 Å². The Kier molecular flexibility index (Phi) is 5.54. The third-order valence-corrected chi connectivity index (χ3v) is 4.49. The Morgan fingerprint density at radius 3 is 2.46 bits per heavy atom. The van der Waals surface area contributed by atoms with Gasteiger partial charge in [-0.15, -0.1) is 0 Å². The van der Waals surface area contributed by atoms with E-state index in [4.69, 9.17) is 4.74 Å². The van der Waals surface area contributed by atoms with Crippen LogP contribution in [0.4, 0.5) is 5.69 Å². The van der Waals surface area contributed by atoms with Gasteiger partial charge in [-0.25, -0.2) is 9.48 Å². The molecule has 7 heteroatoms. The van der Waals surface area contributed by atoms with E-state index in [1.54, 1.807) is 38.3 Å². The molecule has 2 aromatic carbocycles. The number of aryl methyl sites for hydroxylation is 2. The van der Waals surface area contributed by atoms with Crippen LogP contribution in [0.25, 0.3) is 11.3 Å². The molecule has 1 N–H and O–H groups in total. The fourth-order valence-corrected chi connectivity index (χ4v) is 2.82. The molecule has 0 saturated carbocycles. The van der Waals surface area contributed by atoms with Gasteiger partial charge in [-0.2, -0.15) is 10.1 Å². The fourth-order valence-electron chi connectivity index (χ4n) is 2.82. The molecule has 0 aliphatic carbocycles. The van der Waals surface area contributed by atoms with Crippen LogP contribution in [0.15, 0.2) is 53.5 Å². The second-order valence-electron chi connectivity index (χ2n) is 6.58. The quantitative estimate of drug-likeness (QED) is 0.737. The largest absolute Gasteiger partial charge is 0.497 e. The van der Waals surface area contributed by atoms with Gasteiger partial charge in [0.1, 0.15) is 11.8 Å². The van der Waals surface area contributed by atoms with Gasteiger partial charge in [0, 0.05) is 11.3 Å². The number of amides is 1. The number of aromatic nitrogens is 3. The second-order valence-corrected chi connectivity index (χ2v) is 6.58. The second kappa shape index (κ2) is 8.04. The van der Waals surface area contributed by atoms with Crippen LogP contribution < -0.4 is 15.7 Å². The van der Waals surface area contributed by atoms with Crippen molar-refractivity contribution in [3.8, 4) is 17.0 Å². The minimum atomic E-state index is -0.800. The van der Waals surface area contributed by atoms with E-state index < -0.39 is 11.7 Å². The Bertz CT molecular complexity index is 1060. The van der Waals surface area contributed by atoms with Crippen molar-refractivity contribution in [1.29, 1.82) is 0 Å². The molecule has 0 bridgehead atoms. The molecular weight excluding hydrogens is 356 g/mol. The van der Waals surface area contributed by atoms with Crippen molar-refractivity contribution < 1.29 is 9.53 Å². The lowest BCUT2D eigenvalue weighted by molar-refractivity contribution is -0.119. The highest BCUT2D eigenvalue weighted by atomic mass is 16.5. The number of carbonyl (C=O) groups excluding carboxylic acids is 1. The molecule has 0 spiro atoms. The number of ether oxygens (including phenoxy) is 1. The van der Waals surface area contributed by atoms with E-state index in [1.807, 2.05) is 32.0 Å². The van der Waals surface area contributed by atoms with Gasteiger partial charge in [0.15, 0.2) is 0 Å². The van der Waals surface area contributed by atoms with Crippen molar-refractivity contribution in [1.82, 2.24) is 14.8 Å². The Morgan fingerprint density at radius 1 is 1.14 bits per heavy atom. The minimum Gasteiger partial charge on any atom is -0.497 e. The van der Waals surface area contributed by atoms with E-state index in [-0.39, 0.29) is 5.91 Å². The van der Waals surface area contributed by atoms with Crippen LogP contribution in [0.3, 0.4) is 0 Å². The van der Waals surface area contributed by atoms with E-state index in [0.29, 0.717) is 17.1 Å². The minimum absolute atomic E-state index is 0.333. The smallest absolute Gasteiger partial charge is 0.365 e. The third-order valence-electron chi connectivity index (χ3n) is 4.49. The van der Waals surface area contributed by atoms with Gasteiger partial charge in [0.25, 0.3) is 0 Å². The first-order valence-corrected chi connectivity index (χ1v) is 8.87. The van der Waals surface area contributed by atoms with Crippen LogP contribution in [0.2, 0.25) is 0 Å². The SMILES string of the molecule is COc1ccc(-c2cnn(C(C)C(=O)Nc3ccc(C)cc3C)c(=O)n2)cc1. The van der Waals surface area contributed by atoms with E-state index >= 15 is 0 Å². The Balaban J connectivity index is 1.80. The van der Waals surface area contributed by atoms with Crippen molar-refractivity contribution in [2.45, 2.75) is 26.8 Å². The molecule has 3 rings (SSSR count). The van der Waals surface area contributed by atoms with Gasteiger partial charge in [0.2, 0.25) is 5.91 Å². The highest BCUT2D eigenvalue weighted by molar-refractivity contribution is 5.94. The molecule has 1 amide bonds. The number of anilines is 1. The third kappa shape index (κ3) is 4.09. The molecule has 28 heavy (non-hydrogen) atoms. The van der Waals surface area contributed by atoms with Gasteiger partial charge in [0.05, 0.1) is 19.0 Å². The number of methoxy groups -OCH3 is 1. The first-order chi connectivity index (χ1) is 13.4. The van der Waals surface area contributed by atoms with Gasteiger partial charge in [-0.1, -0.05) is 17.7 Å². The number of nitrogens with one attached hydrogen (secondary N) is 1. The van der Waals surface area contributed by atoms with Gasteiger partial charge in [-0.3, -0.25) is 4.79 Å². The monoisotopic (exact) mass is 378 g/mol. The number of hydrogen-bond acceptors (Lipinski definition) is 5. The number of nitrogens with zero attached hydrogens (tertiary/aromatic N) is 3. The number of rotatable bonds is 5. The van der Waals surface area contributed by atoms with Crippen molar-refractivity contribution in [3.63, 3.8) is 0 Å². The Hall–Kier alpha value is -3.48. The summed E-state index contributed by atoms with van der Waals surface area (Å²) in [7, 11) is 1.58. The molecule has 0 fully saturated rings. The molecule has 1 heterocycles. The standard InChI is InChI=1S/C21H22N4O3/c1-13-5-10-18(14(2)11-13)23-20(26)15(3)25-21(27)24-19(12-22-25)16-6-8-17(28-4)9-7-16/h5-12,15H,1-4H3,(H,23,26). The zero-order valence-electron chi connectivity index (χ0n) is 16.3. The van der Waals surface area contributed by atoms with Crippen LogP contribution in [0.5, 0.6) is 5.75 Å². The summed E-state index contributed by atoms with van der Waals surface area (Å²) >= 11 is 0. The first kappa shape index (κ1) is 19.3. The van der Waals surface area contributed by atoms with Gasteiger partial charge < -0.3 is 10.1 Å². The predicted octanol–water partition coefficient (Wildman–Crippen LogP) is 3.13. The number of carbonyl (C=O) groups is 1. The maximum Gasteiger partial charge on any atom is 0.365 e. The molecule has 0 radical (unpaired) electrons. The lowest BCUT2D eigenvalue weighted by Crippen LogP contribution is -2.35. The normalized spacial score (nSPS) is 11.7.